The van der Waals surface area contributed by atoms with Crippen LogP contribution in [0.25, 0.3) is 10.8 Å². The zero-order valence-electron chi connectivity index (χ0n) is 7.34. The lowest BCUT2D eigenvalue weighted by Crippen LogP contribution is -1.97. The third-order valence-corrected chi connectivity index (χ3v) is 2.57. The maximum absolute atomic E-state index is 10.6. The van der Waals surface area contributed by atoms with Gasteiger partial charge in [-0.15, -0.1) is 11.3 Å². The molecule has 0 saturated heterocycles. The van der Waals surface area contributed by atoms with Crippen LogP contribution in [0.2, 0.25) is 0 Å². The maximum Gasteiger partial charge on any atom is 0.355 e. The second-order valence-electron chi connectivity index (χ2n) is 2.70. The highest BCUT2D eigenvalue weighted by Crippen LogP contribution is 2.21. The average molecular weight is 209 g/mol. The van der Waals surface area contributed by atoms with E-state index in [1.165, 1.54) is 16.7 Å². The molecule has 5 nitrogen and oxygen atoms in total. The van der Waals surface area contributed by atoms with Crippen molar-refractivity contribution in [1.29, 1.82) is 0 Å². The third-order valence-electron chi connectivity index (χ3n) is 1.74. The molecule has 0 bridgehead atoms. The van der Waals surface area contributed by atoms with Crippen molar-refractivity contribution in [2.45, 2.75) is 0 Å². The lowest BCUT2D eigenvalue weighted by atomic mass is 10.5. The molecular formula is C8H7N3O2S. The lowest BCUT2D eigenvalue weighted by Gasteiger charge is -1.94. The van der Waals surface area contributed by atoms with Crippen LogP contribution in [0.4, 0.5) is 0 Å². The van der Waals surface area contributed by atoms with Gasteiger partial charge in [-0.05, 0) is 0 Å². The number of rotatable bonds is 2. The number of thiazole rings is 1. The van der Waals surface area contributed by atoms with Crippen molar-refractivity contribution in [2.24, 2.45) is 7.05 Å². The van der Waals surface area contributed by atoms with Crippen LogP contribution in [-0.2, 0) is 7.05 Å². The molecule has 0 aliphatic carbocycles. The number of aromatic carboxylic acids is 1. The summed E-state index contributed by atoms with van der Waals surface area (Å²) in [4.78, 5) is 18.6. The van der Waals surface area contributed by atoms with Crippen LogP contribution < -0.4 is 0 Å². The zero-order valence-corrected chi connectivity index (χ0v) is 8.15. The summed E-state index contributed by atoms with van der Waals surface area (Å²) in [5, 5.41) is 10.8. The molecule has 0 amide bonds. The molecule has 0 atom stereocenters. The molecule has 6 heteroatoms. The monoisotopic (exact) mass is 209 g/mol. The van der Waals surface area contributed by atoms with Gasteiger partial charge in [0.15, 0.2) is 16.5 Å². The van der Waals surface area contributed by atoms with Crippen molar-refractivity contribution in [3.8, 4) is 10.8 Å². The largest absolute Gasteiger partial charge is 0.476 e. The van der Waals surface area contributed by atoms with Crippen LogP contribution in [0.1, 0.15) is 10.5 Å². The van der Waals surface area contributed by atoms with E-state index >= 15 is 0 Å². The first-order chi connectivity index (χ1) is 6.68. The third kappa shape index (κ3) is 1.39. The van der Waals surface area contributed by atoms with Gasteiger partial charge in [-0.2, -0.15) is 0 Å². The minimum Gasteiger partial charge on any atom is -0.476 e. The van der Waals surface area contributed by atoms with E-state index in [1.807, 2.05) is 7.05 Å². The summed E-state index contributed by atoms with van der Waals surface area (Å²) in [7, 11) is 1.84. The van der Waals surface area contributed by atoms with E-state index in [9.17, 15) is 4.79 Å². The van der Waals surface area contributed by atoms with Gasteiger partial charge in [0.25, 0.3) is 0 Å². The first-order valence-corrected chi connectivity index (χ1v) is 4.73. The molecule has 0 aliphatic rings. The molecule has 0 aliphatic heterocycles. The minimum absolute atomic E-state index is 0.0630. The summed E-state index contributed by atoms with van der Waals surface area (Å²) in [5.74, 6) is -0.329. The molecule has 0 aromatic carbocycles. The summed E-state index contributed by atoms with van der Waals surface area (Å²) in [5.41, 5.74) is 0.0630. The van der Waals surface area contributed by atoms with Crippen molar-refractivity contribution in [3.63, 3.8) is 0 Å². The highest BCUT2D eigenvalue weighted by molar-refractivity contribution is 7.13. The van der Waals surface area contributed by atoms with Crippen molar-refractivity contribution >= 4 is 17.3 Å². The Kier molecular flexibility index (Phi) is 2.05. The predicted molar refractivity (Wildman–Crippen MR) is 51.3 cm³/mol. The first-order valence-electron chi connectivity index (χ1n) is 3.85. The van der Waals surface area contributed by atoms with Gasteiger partial charge in [0.2, 0.25) is 0 Å². The Morgan fingerprint density at radius 1 is 1.64 bits per heavy atom. The Hall–Kier alpha value is -1.69. The van der Waals surface area contributed by atoms with E-state index in [2.05, 4.69) is 9.97 Å². The lowest BCUT2D eigenvalue weighted by molar-refractivity contribution is 0.0691. The quantitative estimate of drug-likeness (QED) is 0.808. The van der Waals surface area contributed by atoms with E-state index in [0.717, 1.165) is 0 Å². The summed E-state index contributed by atoms with van der Waals surface area (Å²) in [6.45, 7) is 0. The van der Waals surface area contributed by atoms with Gasteiger partial charge in [0.05, 0.1) is 0 Å². The Morgan fingerprint density at radius 2 is 2.43 bits per heavy atom. The molecular weight excluding hydrogens is 202 g/mol. The number of aryl methyl sites for hydroxylation is 1. The molecule has 0 saturated carbocycles. The number of imidazole rings is 1. The van der Waals surface area contributed by atoms with E-state index in [1.54, 1.807) is 17.0 Å². The predicted octanol–water partition coefficient (Wildman–Crippen LogP) is 1.24. The molecule has 1 N–H and O–H groups in total. The van der Waals surface area contributed by atoms with Crippen LogP contribution >= 0.6 is 11.3 Å². The van der Waals surface area contributed by atoms with Gasteiger partial charge in [-0.3, -0.25) is 0 Å². The van der Waals surface area contributed by atoms with Crippen LogP contribution in [0.5, 0.6) is 0 Å². The fraction of sp³-hybridized carbons (Fsp3) is 0.125. The molecule has 0 fully saturated rings. The fourth-order valence-corrected chi connectivity index (χ4v) is 1.88. The number of hydrogen-bond donors (Lipinski definition) is 1. The second-order valence-corrected chi connectivity index (χ2v) is 3.56. The Balaban J connectivity index is 2.43. The molecule has 2 aromatic rings. The topological polar surface area (TPSA) is 68.0 Å². The molecule has 0 spiro atoms. The van der Waals surface area contributed by atoms with Crippen LogP contribution in [-0.4, -0.2) is 25.6 Å². The SMILES string of the molecule is Cn1ccnc1-c1nc(C(=O)O)cs1. The van der Waals surface area contributed by atoms with E-state index in [-0.39, 0.29) is 5.69 Å². The molecule has 2 heterocycles. The molecule has 2 aromatic heterocycles. The number of carboxylic acid groups (broad SMARTS) is 1. The van der Waals surface area contributed by atoms with Gasteiger partial charge in [0.1, 0.15) is 0 Å². The van der Waals surface area contributed by atoms with Crippen LogP contribution in [0.3, 0.4) is 0 Å². The Labute approximate surface area is 83.7 Å². The fourth-order valence-electron chi connectivity index (χ4n) is 1.05. The van der Waals surface area contributed by atoms with E-state index in [0.29, 0.717) is 10.8 Å². The summed E-state index contributed by atoms with van der Waals surface area (Å²) in [6, 6.07) is 0. The average Bonchev–Trinajstić information content (AvgIpc) is 2.71. The Bertz CT molecular complexity index is 474. The van der Waals surface area contributed by atoms with Crippen molar-refractivity contribution in [2.75, 3.05) is 0 Å². The van der Waals surface area contributed by atoms with Gasteiger partial charge in [0, 0.05) is 24.8 Å². The summed E-state index contributed by atoms with van der Waals surface area (Å²) >= 11 is 1.27. The maximum atomic E-state index is 10.6. The number of carboxylic acids is 1. The van der Waals surface area contributed by atoms with Crippen LogP contribution in [0.15, 0.2) is 17.8 Å². The Morgan fingerprint density at radius 3 is 2.93 bits per heavy atom. The number of aromatic nitrogens is 3. The minimum atomic E-state index is -1.01. The number of carbonyl (C=O) groups is 1. The molecule has 0 radical (unpaired) electrons. The number of hydrogen-bond acceptors (Lipinski definition) is 4. The standard InChI is InChI=1S/C8H7N3O2S/c1-11-3-2-9-6(11)7-10-5(4-14-7)8(12)13/h2-4H,1H3,(H,12,13). The molecule has 72 valence electrons. The van der Waals surface area contributed by atoms with Crippen molar-refractivity contribution in [1.82, 2.24) is 14.5 Å². The highest BCUT2D eigenvalue weighted by Gasteiger charge is 2.12. The molecule has 0 unspecified atom stereocenters. The van der Waals surface area contributed by atoms with Gasteiger partial charge in [-0.1, -0.05) is 0 Å². The van der Waals surface area contributed by atoms with Crippen molar-refractivity contribution < 1.29 is 9.90 Å². The van der Waals surface area contributed by atoms with E-state index in [4.69, 9.17) is 5.11 Å². The summed E-state index contributed by atoms with van der Waals surface area (Å²) < 4.78 is 1.80. The van der Waals surface area contributed by atoms with Gasteiger partial charge in [-0.25, -0.2) is 14.8 Å². The molecule has 2 rings (SSSR count). The van der Waals surface area contributed by atoms with Gasteiger partial charge < -0.3 is 9.67 Å². The number of nitrogens with zero attached hydrogens (tertiary/aromatic N) is 3. The molecule has 14 heavy (non-hydrogen) atoms. The summed E-state index contributed by atoms with van der Waals surface area (Å²) in [6.07, 6.45) is 3.44. The normalized spacial score (nSPS) is 10.4. The van der Waals surface area contributed by atoms with E-state index < -0.39 is 5.97 Å². The smallest absolute Gasteiger partial charge is 0.355 e. The first kappa shape index (κ1) is 8.89. The highest BCUT2D eigenvalue weighted by atomic mass is 32.1. The van der Waals surface area contributed by atoms with Crippen LogP contribution in [0, 0.1) is 0 Å². The zero-order chi connectivity index (χ0) is 10.1. The van der Waals surface area contributed by atoms with Crippen molar-refractivity contribution in [3.05, 3.63) is 23.5 Å². The van der Waals surface area contributed by atoms with Gasteiger partial charge >= 0.3 is 5.97 Å². The second kappa shape index (κ2) is 3.22.